The summed E-state index contributed by atoms with van der Waals surface area (Å²) >= 11 is 2.90. The average Bonchev–Trinajstić information content (AvgIpc) is 3.30. The summed E-state index contributed by atoms with van der Waals surface area (Å²) in [5.41, 5.74) is 1.08. The lowest BCUT2D eigenvalue weighted by molar-refractivity contribution is -0.115. The molecule has 8 heteroatoms. The van der Waals surface area contributed by atoms with Gasteiger partial charge >= 0.3 is 0 Å². The first kappa shape index (κ1) is 18.6. The quantitative estimate of drug-likeness (QED) is 0.684. The van der Waals surface area contributed by atoms with Gasteiger partial charge in [-0.25, -0.2) is 0 Å². The van der Waals surface area contributed by atoms with Crippen LogP contribution in [0.25, 0.3) is 6.08 Å². The summed E-state index contributed by atoms with van der Waals surface area (Å²) in [5.74, 6) is 2.64. The highest BCUT2D eigenvalue weighted by Crippen LogP contribution is 2.61. The third kappa shape index (κ3) is 3.26. The van der Waals surface area contributed by atoms with Crippen molar-refractivity contribution in [3.05, 3.63) is 39.7 Å². The van der Waals surface area contributed by atoms with Gasteiger partial charge in [0, 0.05) is 5.41 Å². The maximum Gasteiger partial charge on any atom is 0.264 e. The van der Waals surface area contributed by atoms with Crippen LogP contribution in [0.15, 0.2) is 34.2 Å². The number of aromatic hydroxyl groups is 1. The van der Waals surface area contributed by atoms with Crippen molar-refractivity contribution in [2.45, 2.75) is 43.9 Å². The molecule has 1 aromatic heterocycles. The maximum absolute atomic E-state index is 12.3. The van der Waals surface area contributed by atoms with Gasteiger partial charge < -0.3 is 10.4 Å². The zero-order valence-electron chi connectivity index (χ0n) is 16.4. The molecule has 0 radical (unpaired) electrons. The van der Waals surface area contributed by atoms with Crippen LogP contribution >= 0.6 is 23.1 Å². The number of amides is 1. The van der Waals surface area contributed by atoms with E-state index in [1.807, 2.05) is 0 Å². The second-order valence-electron chi connectivity index (χ2n) is 9.16. The Morgan fingerprint density at radius 2 is 1.73 bits per heavy atom. The fourth-order valence-corrected chi connectivity index (χ4v) is 7.96. The largest absolute Gasteiger partial charge is 0.508 e. The van der Waals surface area contributed by atoms with E-state index in [0.717, 1.165) is 28.3 Å². The maximum atomic E-state index is 12.3. The molecule has 2 N–H and O–H groups in total. The van der Waals surface area contributed by atoms with Crippen molar-refractivity contribution in [2.24, 2.45) is 22.7 Å². The molecule has 1 amide bonds. The summed E-state index contributed by atoms with van der Waals surface area (Å²) < 4.78 is 0. The molecule has 5 fully saturated rings. The third-order valence-corrected chi connectivity index (χ3v) is 8.92. The molecule has 4 aliphatic carbocycles. The van der Waals surface area contributed by atoms with Crippen LogP contribution in [0.2, 0.25) is 0 Å². The molecule has 2 aromatic rings. The zero-order valence-corrected chi connectivity index (χ0v) is 18.0. The molecule has 1 aromatic carbocycles. The lowest BCUT2D eigenvalue weighted by Crippen LogP contribution is -2.48. The Kier molecular flexibility index (Phi) is 4.28. The summed E-state index contributed by atoms with van der Waals surface area (Å²) in [4.78, 5) is 17.5. The van der Waals surface area contributed by atoms with E-state index in [1.165, 1.54) is 50.3 Å². The number of aliphatic imine (C=N–C) groups is 1. The molecule has 2 heterocycles. The van der Waals surface area contributed by atoms with Crippen molar-refractivity contribution in [1.82, 2.24) is 15.5 Å². The molecule has 6 nitrogen and oxygen atoms in total. The Bertz CT molecular complexity index is 1040. The predicted octanol–water partition coefficient (Wildman–Crippen LogP) is 4.60. The van der Waals surface area contributed by atoms with Gasteiger partial charge in [0.1, 0.15) is 10.8 Å². The summed E-state index contributed by atoms with van der Waals surface area (Å²) in [7, 11) is 0. The number of hydrogen-bond acceptors (Lipinski definition) is 7. The lowest BCUT2D eigenvalue weighted by Gasteiger charge is -2.55. The molecule has 1 aliphatic heterocycles. The first-order valence-corrected chi connectivity index (χ1v) is 12.1. The van der Waals surface area contributed by atoms with Crippen molar-refractivity contribution in [2.75, 3.05) is 0 Å². The van der Waals surface area contributed by atoms with Gasteiger partial charge in [-0.3, -0.25) is 4.79 Å². The SMILES string of the molecule is O=C1NC(=Nc2nnc(C34CC5CC(CC(C5)C3)C4)s2)S/C1=C/c1ccc(O)cc1. The van der Waals surface area contributed by atoms with Gasteiger partial charge in [-0.15, -0.1) is 10.2 Å². The van der Waals surface area contributed by atoms with Crippen LogP contribution in [0.5, 0.6) is 5.75 Å². The third-order valence-electron chi connectivity index (χ3n) is 6.95. The fraction of sp³-hybridized carbons (Fsp3) is 0.455. The highest BCUT2D eigenvalue weighted by Gasteiger charge is 2.53. The van der Waals surface area contributed by atoms with Crippen molar-refractivity contribution in [3.63, 3.8) is 0 Å². The predicted molar refractivity (Wildman–Crippen MR) is 119 cm³/mol. The highest BCUT2D eigenvalue weighted by atomic mass is 32.2. The van der Waals surface area contributed by atoms with Crippen LogP contribution in [0.4, 0.5) is 5.13 Å². The number of phenolic OH excluding ortho intramolecular Hbond substituents is 1. The summed E-state index contributed by atoms with van der Waals surface area (Å²) in [5, 5.41) is 23.5. The monoisotopic (exact) mass is 438 g/mol. The second-order valence-corrected chi connectivity index (χ2v) is 11.1. The topological polar surface area (TPSA) is 87.5 Å². The number of hydrogen-bond donors (Lipinski definition) is 2. The average molecular weight is 439 g/mol. The Hall–Kier alpha value is -2.19. The Morgan fingerprint density at radius 1 is 1.07 bits per heavy atom. The van der Waals surface area contributed by atoms with Gasteiger partial charge in [0.2, 0.25) is 5.13 Å². The molecule has 0 atom stereocenters. The Labute approximate surface area is 182 Å². The molecule has 30 heavy (non-hydrogen) atoms. The molecule has 4 saturated carbocycles. The number of carbonyl (C=O) groups excluding carboxylic acids is 1. The van der Waals surface area contributed by atoms with Gasteiger partial charge in [-0.1, -0.05) is 23.5 Å². The van der Waals surface area contributed by atoms with Gasteiger partial charge in [0.15, 0.2) is 5.17 Å². The standard InChI is InChI=1S/C22H22N4O2S2/c27-16-3-1-12(2-4-16)8-17-18(28)23-20(29-17)24-21-26-25-19(30-21)22-9-13-5-14(10-22)7-15(6-13)11-22/h1-4,8,13-15,27H,5-7,9-11H2,(H,23,24,26,28)/b17-8+. The Morgan fingerprint density at radius 3 is 2.40 bits per heavy atom. The van der Waals surface area contributed by atoms with E-state index in [9.17, 15) is 9.90 Å². The summed E-state index contributed by atoms with van der Waals surface area (Å²) in [6, 6.07) is 6.75. The minimum absolute atomic E-state index is 0.169. The van der Waals surface area contributed by atoms with E-state index in [0.29, 0.717) is 15.2 Å². The highest BCUT2D eigenvalue weighted by molar-refractivity contribution is 8.18. The number of thioether (sulfide) groups is 1. The number of carbonyl (C=O) groups is 1. The van der Waals surface area contributed by atoms with Gasteiger partial charge in [0.25, 0.3) is 5.91 Å². The van der Waals surface area contributed by atoms with Crippen LogP contribution in [-0.2, 0) is 10.2 Å². The van der Waals surface area contributed by atoms with E-state index in [4.69, 9.17) is 0 Å². The van der Waals surface area contributed by atoms with Gasteiger partial charge in [-0.2, -0.15) is 4.99 Å². The molecule has 1 saturated heterocycles. The van der Waals surface area contributed by atoms with Crippen molar-refractivity contribution in [3.8, 4) is 5.75 Å². The second kappa shape index (κ2) is 6.92. The van der Waals surface area contributed by atoms with E-state index in [1.54, 1.807) is 41.7 Å². The van der Waals surface area contributed by atoms with Gasteiger partial charge in [-0.05, 0) is 91.8 Å². The number of nitrogens with zero attached hydrogens (tertiary/aromatic N) is 3. The molecule has 4 bridgehead atoms. The number of aromatic nitrogens is 2. The molecular weight excluding hydrogens is 416 g/mol. The summed E-state index contributed by atoms with van der Waals surface area (Å²) in [6.07, 6.45) is 9.80. The molecule has 5 aliphatic rings. The van der Waals surface area contributed by atoms with Crippen LogP contribution < -0.4 is 5.32 Å². The van der Waals surface area contributed by atoms with Crippen LogP contribution in [0.1, 0.15) is 49.1 Å². The first-order chi connectivity index (χ1) is 14.5. The molecule has 0 spiro atoms. The van der Waals surface area contributed by atoms with Crippen molar-refractivity contribution < 1.29 is 9.90 Å². The first-order valence-electron chi connectivity index (χ1n) is 10.5. The molecular formula is C22H22N4O2S2. The van der Waals surface area contributed by atoms with E-state index in [2.05, 4.69) is 20.5 Å². The number of nitrogens with one attached hydrogen (secondary N) is 1. The van der Waals surface area contributed by atoms with Gasteiger partial charge in [0.05, 0.1) is 4.91 Å². The van der Waals surface area contributed by atoms with E-state index < -0.39 is 0 Å². The van der Waals surface area contributed by atoms with E-state index >= 15 is 0 Å². The summed E-state index contributed by atoms with van der Waals surface area (Å²) in [6.45, 7) is 0. The van der Waals surface area contributed by atoms with Crippen molar-refractivity contribution >= 4 is 45.4 Å². The minimum Gasteiger partial charge on any atom is -0.508 e. The van der Waals surface area contributed by atoms with Crippen LogP contribution in [0.3, 0.4) is 0 Å². The van der Waals surface area contributed by atoms with E-state index in [-0.39, 0.29) is 17.1 Å². The molecule has 154 valence electrons. The smallest absolute Gasteiger partial charge is 0.264 e. The molecule has 7 rings (SSSR count). The Balaban J connectivity index is 1.22. The number of amidine groups is 1. The zero-order chi connectivity index (χ0) is 20.3. The van der Waals surface area contributed by atoms with Crippen molar-refractivity contribution in [1.29, 1.82) is 0 Å². The number of rotatable bonds is 3. The fourth-order valence-electron chi connectivity index (χ4n) is 6.14. The van der Waals surface area contributed by atoms with Crippen LogP contribution in [0, 0.1) is 17.8 Å². The lowest BCUT2D eigenvalue weighted by atomic mass is 9.50. The number of phenols is 1. The molecule has 0 unspecified atom stereocenters. The minimum atomic E-state index is -0.169. The number of benzene rings is 1. The van der Waals surface area contributed by atoms with Crippen LogP contribution in [-0.4, -0.2) is 26.4 Å². The normalized spacial score (nSPS) is 34.8.